The van der Waals surface area contributed by atoms with E-state index in [1.807, 2.05) is 6.07 Å². The van der Waals surface area contributed by atoms with Crippen LogP contribution in [-0.2, 0) is 21.4 Å². The Morgan fingerprint density at radius 2 is 1.75 bits per heavy atom. The Morgan fingerprint density at radius 3 is 2.41 bits per heavy atom. The van der Waals surface area contributed by atoms with E-state index in [9.17, 15) is 13.2 Å². The van der Waals surface area contributed by atoms with E-state index in [1.165, 1.54) is 29.6 Å². The number of methoxy groups -OCH3 is 3. The largest absolute Gasteiger partial charge is 0.495 e. The van der Waals surface area contributed by atoms with Crippen LogP contribution in [0.3, 0.4) is 0 Å². The van der Waals surface area contributed by atoms with Crippen LogP contribution in [0, 0.1) is 5.92 Å². The zero-order valence-corrected chi connectivity index (χ0v) is 19.8. The van der Waals surface area contributed by atoms with Crippen LogP contribution in [0.2, 0.25) is 5.02 Å². The molecule has 1 aliphatic rings. The minimum Gasteiger partial charge on any atom is -0.495 e. The molecule has 1 fully saturated rings. The molecule has 0 saturated carbocycles. The summed E-state index contributed by atoms with van der Waals surface area (Å²) in [5.41, 5.74) is 0.851. The van der Waals surface area contributed by atoms with Gasteiger partial charge in [-0.3, -0.25) is 4.79 Å². The number of rotatable bonds is 8. The number of hydrogen-bond donors (Lipinski definition) is 1. The minimum absolute atomic E-state index is 0.0784. The summed E-state index contributed by atoms with van der Waals surface area (Å²) in [6.07, 6.45) is 1.21. The lowest BCUT2D eigenvalue weighted by atomic mass is 9.98. The van der Waals surface area contributed by atoms with Gasteiger partial charge in [0.05, 0.1) is 37.2 Å². The Hall–Kier alpha value is -2.49. The van der Waals surface area contributed by atoms with Gasteiger partial charge in [0.1, 0.15) is 5.75 Å². The van der Waals surface area contributed by atoms with Gasteiger partial charge in [-0.05, 0) is 48.7 Å². The molecule has 1 atom stereocenters. The monoisotopic (exact) mass is 482 g/mol. The van der Waals surface area contributed by atoms with Gasteiger partial charge < -0.3 is 19.5 Å². The van der Waals surface area contributed by atoms with E-state index in [2.05, 4.69) is 5.32 Å². The zero-order chi connectivity index (χ0) is 23.3. The molecule has 2 aromatic carbocycles. The number of piperidine rings is 1. The molecule has 1 N–H and O–H groups in total. The molecule has 0 spiro atoms. The van der Waals surface area contributed by atoms with E-state index >= 15 is 0 Å². The smallest absolute Gasteiger partial charge is 0.243 e. The van der Waals surface area contributed by atoms with E-state index < -0.39 is 15.9 Å². The third-order valence-corrected chi connectivity index (χ3v) is 7.59. The Labute approximate surface area is 193 Å². The van der Waals surface area contributed by atoms with Crippen molar-refractivity contribution >= 4 is 27.5 Å². The third kappa shape index (κ3) is 5.28. The molecule has 0 aromatic heterocycles. The van der Waals surface area contributed by atoms with Crippen molar-refractivity contribution in [1.82, 2.24) is 9.62 Å². The number of carbonyl (C=O) groups excluding carboxylic acids is 1. The fourth-order valence-electron chi connectivity index (χ4n) is 3.66. The average molecular weight is 483 g/mol. The number of hydrogen-bond acceptors (Lipinski definition) is 6. The van der Waals surface area contributed by atoms with Crippen LogP contribution < -0.4 is 19.5 Å². The van der Waals surface area contributed by atoms with Gasteiger partial charge in [-0.15, -0.1) is 0 Å². The lowest BCUT2D eigenvalue weighted by Crippen LogP contribution is -2.45. The maximum absolute atomic E-state index is 13.1. The third-order valence-electron chi connectivity index (χ3n) is 5.43. The van der Waals surface area contributed by atoms with E-state index in [0.717, 1.165) is 5.56 Å². The zero-order valence-electron chi connectivity index (χ0n) is 18.3. The van der Waals surface area contributed by atoms with Crippen molar-refractivity contribution in [2.45, 2.75) is 24.3 Å². The maximum Gasteiger partial charge on any atom is 0.243 e. The number of halogens is 1. The summed E-state index contributed by atoms with van der Waals surface area (Å²) in [5, 5.41) is 3.12. The normalized spacial score (nSPS) is 16.9. The number of benzene rings is 2. The van der Waals surface area contributed by atoms with Crippen LogP contribution in [0.15, 0.2) is 41.3 Å². The predicted octanol–water partition coefficient (Wildman–Crippen LogP) is 3.08. The van der Waals surface area contributed by atoms with E-state index in [4.69, 9.17) is 25.8 Å². The number of nitrogens with one attached hydrogen (secondary N) is 1. The van der Waals surface area contributed by atoms with Gasteiger partial charge in [0, 0.05) is 19.6 Å². The highest BCUT2D eigenvalue weighted by Gasteiger charge is 2.33. The highest BCUT2D eigenvalue weighted by Crippen LogP contribution is 2.30. The van der Waals surface area contributed by atoms with Crippen LogP contribution in [0.5, 0.6) is 17.2 Å². The Morgan fingerprint density at radius 1 is 1.06 bits per heavy atom. The topological polar surface area (TPSA) is 94.2 Å². The van der Waals surface area contributed by atoms with Crippen LogP contribution in [-0.4, -0.2) is 53.0 Å². The summed E-state index contributed by atoms with van der Waals surface area (Å²) in [5.74, 6) is 0.957. The van der Waals surface area contributed by atoms with Crippen LogP contribution >= 0.6 is 11.6 Å². The molecule has 0 unspecified atom stereocenters. The van der Waals surface area contributed by atoms with Crippen molar-refractivity contribution < 1.29 is 27.4 Å². The Balaban J connectivity index is 1.66. The summed E-state index contributed by atoms with van der Waals surface area (Å²) in [4.78, 5) is 12.8. The highest BCUT2D eigenvalue weighted by atomic mass is 35.5. The summed E-state index contributed by atoms with van der Waals surface area (Å²) in [6.45, 7) is 0.770. The first-order valence-corrected chi connectivity index (χ1v) is 11.9. The first-order chi connectivity index (χ1) is 15.3. The maximum atomic E-state index is 13.1. The second-order valence-electron chi connectivity index (χ2n) is 7.41. The standard InChI is InChI=1S/C22H27ClN2O6S/c1-29-19-9-7-17(12-18(19)23)32(27,28)25-10-4-5-16(14-25)22(26)24-13-15-6-8-20(30-2)21(11-15)31-3/h6-9,11-12,16H,4-5,10,13-14H2,1-3H3,(H,24,26)/t16-/m1/s1. The van der Waals surface area contributed by atoms with Gasteiger partial charge >= 0.3 is 0 Å². The fraction of sp³-hybridized carbons (Fsp3) is 0.409. The van der Waals surface area contributed by atoms with Crippen LogP contribution in [0.4, 0.5) is 0 Å². The van der Waals surface area contributed by atoms with Crippen molar-refractivity contribution in [3.05, 3.63) is 47.0 Å². The average Bonchev–Trinajstić information content (AvgIpc) is 2.82. The molecule has 1 aliphatic heterocycles. The molecule has 2 aromatic rings. The molecule has 0 bridgehead atoms. The molecule has 32 heavy (non-hydrogen) atoms. The number of ether oxygens (including phenoxy) is 3. The van der Waals surface area contributed by atoms with Crippen molar-refractivity contribution in [2.75, 3.05) is 34.4 Å². The Bertz CT molecular complexity index is 1080. The molecule has 1 heterocycles. The quantitative estimate of drug-likeness (QED) is 0.621. The van der Waals surface area contributed by atoms with Crippen LogP contribution in [0.25, 0.3) is 0 Å². The lowest BCUT2D eigenvalue weighted by Gasteiger charge is -2.31. The van der Waals surface area contributed by atoms with E-state index in [0.29, 0.717) is 43.2 Å². The number of carbonyl (C=O) groups is 1. The summed E-state index contributed by atoms with van der Waals surface area (Å²) in [6, 6.07) is 9.76. The van der Waals surface area contributed by atoms with Crippen molar-refractivity contribution in [2.24, 2.45) is 5.92 Å². The van der Waals surface area contributed by atoms with Crippen molar-refractivity contribution in [1.29, 1.82) is 0 Å². The van der Waals surface area contributed by atoms with Gasteiger partial charge in [0.25, 0.3) is 0 Å². The second-order valence-corrected chi connectivity index (χ2v) is 9.75. The number of sulfonamides is 1. The van der Waals surface area contributed by atoms with Gasteiger partial charge in [0.15, 0.2) is 11.5 Å². The second kappa shape index (κ2) is 10.4. The molecule has 0 aliphatic carbocycles. The van der Waals surface area contributed by atoms with Crippen molar-refractivity contribution in [3.8, 4) is 17.2 Å². The molecule has 174 valence electrons. The Kier molecular flexibility index (Phi) is 7.86. The highest BCUT2D eigenvalue weighted by molar-refractivity contribution is 7.89. The summed E-state index contributed by atoms with van der Waals surface area (Å²) < 4.78 is 43.1. The van der Waals surface area contributed by atoms with Gasteiger partial charge in [-0.2, -0.15) is 4.31 Å². The minimum atomic E-state index is -3.78. The predicted molar refractivity (Wildman–Crippen MR) is 121 cm³/mol. The van der Waals surface area contributed by atoms with Gasteiger partial charge in [-0.25, -0.2) is 8.42 Å². The van der Waals surface area contributed by atoms with Crippen LogP contribution in [0.1, 0.15) is 18.4 Å². The SMILES string of the molecule is COc1ccc(S(=O)(=O)N2CCC[C@@H](C(=O)NCc3ccc(OC)c(OC)c3)C2)cc1Cl. The molecule has 0 radical (unpaired) electrons. The first-order valence-electron chi connectivity index (χ1n) is 10.1. The van der Waals surface area contributed by atoms with Crippen molar-refractivity contribution in [3.63, 3.8) is 0 Å². The van der Waals surface area contributed by atoms with E-state index in [-0.39, 0.29) is 22.4 Å². The summed E-state index contributed by atoms with van der Waals surface area (Å²) >= 11 is 6.10. The molecule has 1 saturated heterocycles. The molecule has 1 amide bonds. The van der Waals surface area contributed by atoms with Gasteiger partial charge in [-0.1, -0.05) is 17.7 Å². The molecule has 3 rings (SSSR count). The number of amides is 1. The molecular formula is C22H27ClN2O6S. The summed E-state index contributed by atoms with van der Waals surface area (Å²) in [7, 11) is 0.793. The molecule has 8 nitrogen and oxygen atoms in total. The molecular weight excluding hydrogens is 456 g/mol. The molecule has 10 heteroatoms. The lowest BCUT2D eigenvalue weighted by molar-refractivity contribution is -0.126. The number of nitrogens with zero attached hydrogens (tertiary/aromatic N) is 1. The van der Waals surface area contributed by atoms with Gasteiger partial charge in [0.2, 0.25) is 15.9 Å². The fourth-order valence-corrected chi connectivity index (χ4v) is 5.53. The van der Waals surface area contributed by atoms with E-state index in [1.54, 1.807) is 26.4 Å². The first kappa shape index (κ1) is 24.2.